The highest BCUT2D eigenvalue weighted by Crippen LogP contribution is 2.30. The molecule has 0 unspecified atom stereocenters. The summed E-state index contributed by atoms with van der Waals surface area (Å²) >= 11 is 3.17. The standard InChI is InChI=1S/C13H9BrF3NO3S/c14-9-4-3-5-10(8-9)18-22(19,20)12-7-2-1-6-11(12)21-13(15,16)17/h1-8,18H. The summed E-state index contributed by atoms with van der Waals surface area (Å²) in [4.78, 5) is -0.604. The van der Waals surface area contributed by atoms with Crippen LogP contribution in [0.5, 0.6) is 5.75 Å². The van der Waals surface area contributed by atoms with Gasteiger partial charge in [-0.15, -0.1) is 13.2 Å². The Labute approximate surface area is 133 Å². The first-order chi connectivity index (χ1) is 10.2. The highest BCUT2D eigenvalue weighted by Gasteiger charge is 2.34. The lowest BCUT2D eigenvalue weighted by molar-refractivity contribution is -0.275. The summed E-state index contributed by atoms with van der Waals surface area (Å²) in [7, 11) is -4.23. The van der Waals surface area contributed by atoms with Crippen LogP contribution in [0.2, 0.25) is 0 Å². The van der Waals surface area contributed by atoms with Gasteiger partial charge in [0.15, 0.2) is 0 Å². The van der Waals surface area contributed by atoms with Crippen molar-refractivity contribution in [1.29, 1.82) is 0 Å². The van der Waals surface area contributed by atoms with Crippen LogP contribution in [0.1, 0.15) is 0 Å². The number of hydrogen-bond acceptors (Lipinski definition) is 3. The van der Waals surface area contributed by atoms with Gasteiger partial charge in [0.05, 0.1) is 0 Å². The van der Waals surface area contributed by atoms with Crippen LogP contribution >= 0.6 is 15.9 Å². The zero-order chi connectivity index (χ0) is 16.4. The molecule has 0 fully saturated rings. The second kappa shape index (κ2) is 6.17. The molecule has 0 heterocycles. The van der Waals surface area contributed by atoms with Crippen molar-refractivity contribution in [2.24, 2.45) is 0 Å². The number of rotatable bonds is 4. The molecule has 9 heteroatoms. The molecule has 0 atom stereocenters. The first-order valence-electron chi connectivity index (χ1n) is 5.80. The largest absolute Gasteiger partial charge is 0.573 e. The fourth-order valence-corrected chi connectivity index (χ4v) is 3.22. The van der Waals surface area contributed by atoms with Gasteiger partial charge in [-0.25, -0.2) is 8.42 Å². The molecule has 4 nitrogen and oxygen atoms in total. The van der Waals surface area contributed by atoms with E-state index in [1.807, 2.05) is 0 Å². The van der Waals surface area contributed by atoms with Crippen molar-refractivity contribution in [3.8, 4) is 5.75 Å². The van der Waals surface area contributed by atoms with Crippen molar-refractivity contribution in [3.63, 3.8) is 0 Å². The van der Waals surface area contributed by atoms with Crippen LogP contribution in [0, 0.1) is 0 Å². The molecule has 0 spiro atoms. The molecule has 0 saturated heterocycles. The normalized spacial score (nSPS) is 12.0. The molecular weight excluding hydrogens is 387 g/mol. The second-order valence-corrected chi connectivity index (χ2v) is 6.68. The van der Waals surface area contributed by atoms with E-state index in [1.165, 1.54) is 24.3 Å². The lowest BCUT2D eigenvalue weighted by Crippen LogP contribution is -2.20. The number of halogens is 4. The molecule has 0 aliphatic rings. The SMILES string of the molecule is O=S(=O)(Nc1cccc(Br)c1)c1ccccc1OC(F)(F)F. The van der Waals surface area contributed by atoms with Crippen LogP contribution in [0.25, 0.3) is 0 Å². The van der Waals surface area contributed by atoms with E-state index in [0.29, 0.717) is 4.47 Å². The fourth-order valence-electron chi connectivity index (χ4n) is 1.64. The molecule has 0 saturated carbocycles. The number of hydrogen-bond donors (Lipinski definition) is 1. The Hall–Kier alpha value is -1.74. The Balaban J connectivity index is 2.38. The van der Waals surface area contributed by atoms with E-state index in [1.54, 1.807) is 12.1 Å². The van der Waals surface area contributed by atoms with Gasteiger partial charge in [0, 0.05) is 10.2 Å². The van der Waals surface area contributed by atoms with Crippen LogP contribution in [-0.2, 0) is 10.0 Å². The maximum Gasteiger partial charge on any atom is 0.573 e. The van der Waals surface area contributed by atoms with Crippen LogP contribution in [0.3, 0.4) is 0 Å². The quantitative estimate of drug-likeness (QED) is 0.845. The number of benzene rings is 2. The number of ether oxygens (including phenoxy) is 1. The third-order valence-electron chi connectivity index (χ3n) is 2.44. The predicted octanol–water partition coefficient (Wildman–Crippen LogP) is 4.15. The van der Waals surface area contributed by atoms with Gasteiger partial charge in [-0.2, -0.15) is 0 Å². The molecule has 2 aromatic carbocycles. The van der Waals surface area contributed by atoms with Crippen molar-refractivity contribution in [1.82, 2.24) is 0 Å². The Morgan fingerprint density at radius 2 is 1.73 bits per heavy atom. The number of alkyl halides is 3. The molecule has 0 aliphatic carbocycles. The highest BCUT2D eigenvalue weighted by molar-refractivity contribution is 9.10. The van der Waals surface area contributed by atoms with E-state index in [4.69, 9.17) is 0 Å². The van der Waals surface area contributed by atoms with Crippen LogP contribution in [0.4, 0.5) is 18.9 Å². The molecule has 0 aromatic heterocycles. The van der Waals surface area contributed by atoms with Crippen molar-refractivity contribution in [2.45, 2.75) is 11.3 Å². The van der Waals surface area contributed by atoms with Crippen molar-refractivity contribution in [2.75, 3.05) is 4.72 Å². The minimum absolute atomic E-state index is 0.205. The van der Waals surface area contributed by atoms with Gasteiger partial charge < -0.3 is 4.74 Å². The zero-order valence-corrected chi connectivity index (χ0v) is 13.2. The van der Waals surface area contributed by atoms with E-state index in [9.17, 15) is 21.6 Å². The topological polar surface area (TPSA) is 55.4 Å². The number of sulfonamides is 1. The van der Waals surface area contributed by atoms with Crippen LogP contribution in [-0.4, -0.2) is 14.8 Å². The summed E-state index contributed by atoms with van der Waals surface area (Å²) in [5.41, 5.74) is 0.205. The second-order valence-electron chi connectivity index (χ2n) is 4.11. The minimum atomic E-state index is -4.98. The van der Waals surface area contributed by atoms with E-state index in [2.05, 4.69) is 25.4 Å². The lowest BCUT2D eigenvalue weighted by Gasteiger charge is -2.14. The predicted molar refractivity (Wildman–Crippen MR) is 78.1 cm³/mol. The molecule has 22 heavy (non-hydrogen) atoms. The lowest BCUT2D eigenvalue weighted by atomic mass is 10.3. The first-order valence-corrected chi connectivity index (χ1v) is 8.08. The molecule has 118 valence electrons. The monoisotopic (exact) mass is 395 g/mol. The van der Waals surface area contributed by atoms with Gasteiger partial charge in [-0.3, -0.25) is 4.72 Å². The van der Waals surface area contributed by atoms with Gasteiger partial charge >= 0.3 is 6.36 Å². The first kappa shape index (κ1) is 16.6. The molecule has 0 radical (unpaired) electrons. The molecule has 2 aromatic rings. The van der Waals surface area contributed by atoms with Crippen LogP contribution < -0.4 is 9.46 Å². The molecule has 0 bridgehead atoms. The Morgan fingerprint density at radius 3 is 2.36 bits per heavy atom. The average Bonchev–Trinajstić information content (AvgIpc) is 2.36. The van der Waals surface area contributed by atoms with Gasteiger partial charge in [0.25, 0.3) is 10.0 Å². The van der Waals surface area contributed by atoms with Gasteiger partial charge in [-0.1, -0.05) is 34.1 Å². The Bertz CT molecular complexity index is 778. The summed E-state index contributed by atoms with van der Waals surface area (Å²) in [6.07, 6.45) is -4.98. The van der Waals surface area contributed by atoms with Crippen LogP contribution in [0.15, 0.2) is 57.9 Å². The third-order valence-corrected chi connectivity index (χ3v) is 4.36. The van der Waals surface area contributed by atoms with Crippen molar-refractivity contribution < 1.29 is 26.3 Å². The van der Waals surface area contributed by atoms with Crippen molar-refractivity contribution >= 4 is 31.6 Å². The maximum absolute atomic E-state index is 12.3. The van der Waals surface area contributed by atoms with Gasteiger partial charge in [-0.05, 0) is 30.3 Å². The van der Waals surface area contributed by atoms with Crippen molar-refractivity contribution in [3.05, 3.63) is 53.0 Å². The number of nitrogens with one attached hydrogen (secondary N) is 1. The fraction of sp³-hybridized carbons (Fsp3) is 0.0769. The summed E-state index contributed by atoms with van der Waals surface area (Å²) in [6.45, 7) is 0. The molecular formula is C13H9BrF3NO3S. The number of para-hydroxylation sites is 1. The number of anilines is 1. The highest BCUT2D eigenvalue weighted by atomic mass is 79.9. The summed E-state index contributed by atoms with van der Waals surface area (Å²) in [5.74, 6) is -0.794. The van der Waals surface area contributed by atoms with E-state index >= 15 is 0 Å². The smallest absolute Gasteiger partial charge is 0.404 e. The van der Waals surface area contributed by atoms with E-state index < -0.39 is 27.0 Å². The Morgan fingerprint density at radius 1 is 1.05 bits per heavy atom. The maximum atomic E-state index is 12.3. The van der Waals surface area contributed by atoms with Gasteiger partial charge in [0.2, 0.25) is 0 Å². The van der Waals surface area contributed by atoms with E-state index in [-0.39, 0.29) is 5.69 Å². The van der Waals surface area contributed by atoms with E-state index in [0.717, 1.165) is 12.1 Å². The molecule has 0 amide bonds. The summed E-state index contributed by atoms with van der Waals surface area (Å²) in [6, 6.07) is 10.7. The molecule has 1 N–H and O–H groups in total. The zero-order valence-electron chi connectivity index (χ0n) is 10.8. The third kappa shape index (κ3) is 4.38. The minimum Gasteiger partial charge on any atom is -0.404 e. The average molecular weight is 396 g/mol. The Kier molecular flexibility index (Phi) is 4.66. The molecule has 2 rings (SSSR count). The summed E-state index contributed by atoms with van der Waals surface area (Å²) < 4.78 is 68.1. The van der Waals surface area contributed by atoms with Gasteiger partial charge in [0.1, 0.15) is 10.6 Å². The molecule has 0 aliphatic heterocycles. The summed E-state index contributed by atoms with van der Waals surface area (Å²) in [5, 5.41) is 0.